The van der Waals surface area contributed by atoms with Gasteiger partial charge in [0.25, 0.3) is 5.91 Å². The Morgan fingerprint density at radius 1 is 1.12 bits per heavy atom. The van der Waals surface area contributed by atoms with Gasteiger partial charge in [-0.1, -0.05) is 0 Å². The van der Waals surface area contributed by atoms with Crippen LogP contribution in [0.4, 0.5) is 13.2 Å². The Labute approximate surface area is 150 Å². The lowest BCUT2D eigenvalue weighted by molar-refractivity contribution is -0.151. The number of ether oxygens (including phenoxy) is 2. The van der Waals surface area contributed by atoms with Gasteiger partial charge in [-0.15, -0.1) is 0 Å². The molecule has 1 amide bonds. The molecule has 1 aromatic carbocycles. The highest BCUT2D eigenvalue weighted by molar-refractivity contribution is 5.94. The van der Waals surface area contributed by atoms with Gasteiger partial charge in [-0.3, -0.25) is 9.59 Å². The molecule has 0 atom stereocenters. The van der Waals surface area contributed by atoms with Crippen molar-refractivity contribution in [2.75, 3.05) is 32.9 Å². The van der Waals surface area contributed by atoms with Gasteiger partial charge in [0.15, 0.2) is 0 Å². The van der Waals surface area contributed by atoms with E-state index in [2.05, 4.69) is 0 Å². The van der Waals surface area contributed by atoms with Crippen molar-refractivity contribution < 1.29 is 32.2 Å². The maximum absolute atomic E-state index is 12.6. The highest BCUT2D eigenvalue weighted by Gasteiger charge is 2.31. The van der Waals surface area contributed by atoms with Crippen LogP contribution in [0.5, 0.6) is 0 Å². The van der Waals surface area contributed by atoms with E-state index >= 15 is 0 Å². The minimum absolute atomic E-state index is 0.204. The maximum Gasteiger partial charge on any atom is 0.416 e. The number of hydrogen-bond acceptors (Lipinski definition) is 4. The van der Waals surface area contributed by atoms with Crippen molar-refractivity contribution in [2.45, 2.75) is 25.9 Å². The van der Waals surface area contributed by atoms with Crippen LogP contribution in [-0.2, 0) is 20.4 Å². The molecule has 0 radical (unpaired) electrons. The second-order valence-corrected chi connectivity index (χ2v) is 6.01. The van der Waals surface area contributed by atoms with Gasteiger partial charge < -0.3 is 14.4 Å². The van der Waals surface area contributed by atoms with Crippen LogP contribution in [0.25, 0.3) is 0 Å². The Hall–Kier alpha value is -2.09. The smallest absolute Gasteiger partial charge is 0.416 e. The number of halogens is 3. The summed E-state index contributed by atoms with van der Waals surface area (Å²) in [5.74, 6) is -0.901. The molecule has 1 aromatic rings. The number of hydrogen-bond donors (Lipinski definition) is 0. The van der Waals surface area contributed by atoms with Crippen molar-refractivity contribution in [1.82, 2.24) is 4.90 Å². The molecule has 144 valence electrons. The van der Waals surface area contributed by atoms with Gasteiger partial charge in [0, 0.05) is 25.3 Å². The Morgan fingerprint density at radius 2 is 1.73 bits per heavy atom. The molecule has 26 heavy (non-hydrogen) atoms. The average Bonchev–Trinajstić information content (AvgIpc) is 2.64. The van der Waals surface area contributed by atoms with Crippen LogP contribution in [0.15, 0.2) is 24.3 Å². The van der Waals surface area contributed by atoms with Crippen LogP contribution < -0.4 is 0 Å². The number of rotatable bonds is 6. The number of amides is 1. The lowest BCUT2D eigenvalue weighted by Gasteiger charge is -2.31. The normalized spacial score (nSPS) is 15.8. The Morgan fingerprint density at radius 3 is 2.27 bits per heavy atom. The lowest BCUT2D eigenvalue weighted by atomic mass is 9.96. The molecule has 5 nitrogen and oxygen atoms in total. The summed E-state index contributed by atoms with van der Waals surface area (Å²) in [6.45, 7) is 3.70. The first kappa shape index (κ1) is 20.2. The van der Waals surface area contributed by atoms with E-state index in [0.717, 1.165) is 12.1 Å². The van der Waals surface area contributed by atoms with Crippen molar-refractivity contribution in [3.63, 3.8) is 0 Å². The highest BCUT2D eigenvalue weighted by Crippen LogP contribution is 2.29. The SMILES string of the molecule is CCOCCOC(=O)C1CCN(C(=O)c2ccc(C(F)(F)F)cc2)CC1. The van der Waals surface area contributed by atoms with Crippen LogP contribution in [-0.4, -0.2) is 49.7 Å². The molecule has 0 N–H and O–H groups in total. The first-order valence-electron chi connectivity index (χ1n) is 8.54. The summed E-state index contributed by atoms with van der Waals surface area (Å²) in [6.07, 6.45) is -3.48. The van der Waals surface area contributed by atoms with E-state index in [1.165, 1.54) is 12.1 Å². The van der Waals surface area contributed by atoms with Gasteiger partial charge in [-0.2, -0.15) is 13.2 Å². The molecule has 1 aliphatic rings. The average molecular weight is 373 g/mol. The van der Waals surface area contributed by atoms with E-state index in [1.54, 1.807) is 4.90 Å². The maximum atomic E-state index is 12.6. The second-order valence-electron chi connectivity index (χ2n) is 6.01. The Bertz CT molecular complexity index is 608. The predicted octanol–water partition coefficient (Wildman–Crippen LogP) is 3.14. The van der Waals surface area contributed by atoms with Gasteiger partial charge in [0.2, 0.25) is 0 Å². The van der Waals surface area contributed by atoms with Crippen molar-refractivity contribution in [2.24, 2.45) is 5.92 Å². The number of carbonyl (C=O) groups is 2. The van der Waals surface area contributed by atoms with Crippen molar-refractivity contribution in [1.29, 1.82) is 0 Å². The summed E-state index contributed by atoms with van der Waals surface area (Å²) >= 11 is 0. The second kappa shape index (κ2) is 9.02. The van der Waals surface area contributed by atoms with Crippen LogP contribution in [0.3, 0.4) is 0 Å². The summed E-state index contributed by atoms with van der Waals surface area (Å²) in [7, 11) is 0. The molecule has 1 aliphatic heterocycles. The van der Waals surface area contributed by atoms with Crippen LogP contribution in [0.2, 0.25) is 0 Å². The summed E-state index contributed by atoms with van der Waals surface area (Å²) in [4.78, 5) is 25.9. The molecule has 0 aromatic heterocycles. The number of likely N-dealkylation sites (tertiary alicyclic amines) is 1. The quantitative estimate of drug-likeness (QED) is 0.568. The number of piperidine rings is 1. The van der Waals surface area contributed by atoms with E-state index in [4.69, 9.17) is 9.47 Å². The standard InChI is InChI=1S/C18H22F3NO4/c1-2-25-11-12-26-17(24)14-7-9-22(10-8-14)16(23)13-3-5-15(6-4-13)18(19,20)21/h3-6,14H,2,7-12H2,1H3. The van der Waals surface area contributed by atoms with E-state index < -0.39 is 11.7 Å². The van der Waals surface area contributed by atoms with Crippen LogP contribution in [0, 0.1) is 5.92 Å². The van der Waals surface area contributed by atoms with Crippen molar-refractivity contribution in [3.8, 4) is 0 Å². The molecule has 0 bridgehead atoms. The van der Waals surface area contributed by atoms with E-state index in [-0.39, 0.29) is 30.0 Å². The molecule has 0 unspecified atom stereocenters. The van der Waals surface area contributed by atoms with Crippen molar-refractivity contribution >= 4 is 11.9 Å². The van der Waals surface area contributed by atoms with Crippen LogP contribution in [0.1, 0.15) is 35.7 Å². The Kier molecular flexibility index (Phi) is 7.02. The first-order valence-corrected chi connectivity index (χ1v) is 8.54. The molecular weight excluding hydrogens is 351 g/mol. The van der Waals surface area contributed by atoms with E-state index in [9.17, 15) is 22.8 Å². The molecule has 0 saturated carbocycles. The molecule has 0 spiro atoms. The van der Waals surface area contributed by atoms with Gasteiger partial charge in [0.1, 0.15) is 6.61 Å². The topological polar surface area (TPSA) is 55.8 Å². The summed E-state index contributed by atoms with van der Waals surface area (Å²) in [5.41, 5.74) is -0.585. The minimum atomic E-state index is -4.43. The molecular formula is C18H22F3NO4. The van der Waals surface area contributed by atoms with E-state index in [1.807, 2.05) is 6.92 Å². The highest BCUT2D eigenvalue weighted by atomic mass is 19.4. The minimum Gasteiger partial charge on any atom is -0.463 e. The number of benzene rings is 1. The molecule has 1 heterocycles. The monoisotopic (exact) mass is 373 g/mol. The van der Waals surface area contributed by atoms with Crippen molar-refractivity contribution in [3.05, 3.63) is 35.4 Å². The molecule has 8 heteroatoms. The fraction of sp³-hybridized carbons (Fsp3) is 0.556. The van der Waals surface area contributed by atoms with Gasteiger partial charge >= 0.3 is 12.1 Å². The summed E-state index contributed by atoms with van der Waals surface area (Å²) < 4.78 is 48.0. The number of alkyl halides is 3. The zero-order valence-electron chi connectivity index (χ0n) is 14.6. The summed E-state index contributed by atoms with van der Waals surface area (Å²) in [5, 5.41) is 0. The predicted molar refractivity (Wildman–Crippen MR) is 87.5 cm³/mol. The van der Waals surface area contributed by atoms with Gasteiger partial charge in [0.05, 0.1) is 18.1 Å². The fourth-order valence-electron chi connectivity index (χ4n) is 2.77. The molecule has 2 rings (SSSR count). The third kappa shape index (κ3) is 5.45. The third-order valence-electron chi connectivity index (χ3n) is 4.25. The Balaban J connectivity index is 1.83. The molecule has 0 aliphatic carbocycles. The zero-order valence-corrected chi connectivity index (χ0v) is 14.6. The molecule has 1 fully saturated rings. The summed E-state index contributed by atoms with van der Waals surface area (Å²) in [6, 6.07) is 4.16. The first-order chi connectivity index (χ1) is 12.3. The number of esters is 1. The lowest BCUT2D eigenvalue weighted by Crippen LogP contribution is -2.40. The fourth-order valence-corrected chi connectivity index (χ4v) is 2.77. The largest absolute Gasteiger partial charge is 0.463 e. The molecule has 1 saturated heterocycles. The van der Waals surface area contributed by atoms with Gasteiger partial charge in [-0.05, 0) is 44.0 Å². The number of carbonyl (C=O) groups excluding carboxylic acids is 2. The van der Waals surface area contributed by atoms with Crippen LogP contribution >= 0.6 is 0 Å². The number of nitrogens with zero attached hydrogens (tertiary/aromatic N) is 1. The zero-order chi connectivity index (χ0) is 19.2. The van der Waals surface area contributed by atoms with Gasteiger partial charge in [-0.25, -0.2) is 0 Å². The van der Waals surface area contributed by atoms with E-state index in [0.29, 0.717) is 39.1 Å². The third-order valence-corrected chi connectivity index (χ3v) is 4.25.